The van der Waals surface area contributed by atoms with E-state index >= 15 is 0 Å². The predicted molar refractivity (Wildman–Crippen MR) is 62.6 cm³/mol. The van der Waals surface area contributed by atoms with Crippen LogP contribution >= 0.6 is 0 Å². The average Bonchev–Trinajstić information content (AvgIpc) is 2.36. The Bertz CT molecular complexity index is 458. The van der Waals surface area contributed by atoms with Crippen LogP contribution in [0.15, 0.2) is 18.3 Å². The van der Waals surface area contributed by atoms with Crippen LogP contribution in [0.3, 0.4) is 0 Å². The number of hydrogen-bond donors (Lipinski definition) is 2. The molecular formula is C12H15FN2O3. The van der Waals surface area contributed by atoms with Crippen molar-refractivity contribution in [2.45, 2.75) is 32.2 Å². The lowest BCUT2D eigenvalue weighted by Crippen LogP contribution is -2.53. The van der Waals surface area contributed by atoms with Gasteiger partial charge in [-0.15, -0.1) is 0 Å². The molecule has 2 N–H and O–H groups in total. The molecule has 0 saturated carbocycles. The minimum atomic E-state index is -1.38. The Kier molecular flexibility index (Phi) is 4.36. The van der Waals surface area contributed by atoms with Gasteiger partial charge in [0.15, 0.2) is 0 Å². The minimum absolute atomic E-state index is 0.215. The topological polar surface area (TPSA) is 79.3 Å². The SMILES string of the molecule is CCC(CC)(NC(=O)c1cccnc1F)C(=O)O. The Morgan fingerprint density at radius 1 is 1.44 bits per heavy atom. The number of aromatic nitrogens is 1. The molecule has 0 radical (unpaired) electrons. The quantitative estimate of drug-likeness (QED) is 0.782. The van der Waals surface area contributed by atoms with Gasteiger partial charge >= 0.3 is 5.97 Å². The molecule has 98 valence electrons. The van der Waals surface area contributed by atoms with Crippen molar-refractivity contribution in [1.29, 1.82) is 0 Å². The highest BCUT2D eigenvalue weighted by molar-refractivity contribution is 5.97. The second-order valence-corrected chi connectivity index (χ2v) is 3.89. The van der Waals surface area contributed by atoms with Gasteiger partial charge in [-0.3, -0.25) is 4.79 Å². The Balaban J connectivity index is 3.00. The van der Waals surface area contributed by atoms with Crippen molar-refractivity contribution in [1.82, 2.24) is 10.3 Å². The lowest BCUT2D eigenvalue weighted by atomic mass is 9.92. The van der Waals surface area contributed by atoms with Crippen molar-refractivity contribution >= 4 is 11.9 Å². The van der Waals surface area contributed by atoms with Crippen molar-refractivity contribution < 1.29 is 19.1 Å². The maximum absolute atomic E-state index is 13.3. The summed E-state index contributed by atoms with van der Waals surface area (Å²) in [5, 5.41) is 11.5. The molecule has 0 unspecified atom stereocenters. The highest BCUT2D eigenvalue weighted by atomic mass is 19.1. The molecule has 0 aliphatic rings. The van der Waals surface area contributed by atoms with E-state index in [2.05, 4.69) is 10.3 Å². The molecule has 1 rings (SSSR count). The summed E-state index contributed by atoms with van der Waals surface area (Å²) < 4.78 is 13.3. The summed E-state index contributed by atoms with van der Waals surface area (Å²) >= 11 is 0. The van der Waals surface area contributed by atoms with Gasteiger partial charge < -0.3 is 10.4 Å². The van der Waals surface area contributed by atoms with Crippen molar-refractivity contribution in [3.05, 3.63) is 29.8 Å². The molecule has 1 amide bonds. The number of aliphatic carboxylic acids is 1. The molecule has 1 heterocycles. The number of hydrogen-bond acceptors (Lipinski definition) is 3. The number of pyridine rings is 1. The van der Waals surface area contributed by atoms with E-state index in [1.807, 2.05) is 0 Å². The van der Waals surface area contributed by atoms with Crippen LogP contribution in [0.1, 0.15) is 37.0 Å². The molecule has 0 atom stereocenters. The van der Waals surface area contributed by atoms with Crippen LogP contribution in [0.5, 0.6) is 0 Å². The van der Waals surface area contributed by atoms with E-state index in [1.54, 1.807) is 13.8 Å². The van der Waals surface area contributed by atoms with Crippen molar-refractivity contribution in [3.63, 3.8) is 0 Å². The third-order valence-corrected chi connectivity index (χ3v) is 2.97. The van der Waals surface area contributed by atoms with E-state index in [1.165, 1.54) is 18.3 Å². The van der Waals surface area contributed by atoms with Gasteiger partial charge in [-0.1, -0.05) is 13.8 Å². The number of halogens is 1. The zero-order valence-electron chi connectivity index (χ0n) is 10.2. The first-order chi connectivity index (χ1) is 8.46. The second kappa shape index (κ2) is 5.57. The average molecular weight is 254 g/mol. The number of amides is 1. The van der Waals surface area contributed by atoms with Gasteiger partial charge in [0.05, 0.1) is 5.56 Å². The van der Waals surface area contributed by atoms with Gasteiger partial charge in [-0.2, -0.15) is 4.39 Å². The van der Waals surface area contributed by atoms with E-state index < -0.39 is 23.4 Å². The van der Waals surface area contributed by atoms with Crippen molar-refractivity contribution in [2.24, 2.45) is 0 Å². The van der Waals surface area contributed by atoms with Crippen LogP contribution in [-0.4, -0.2) is 27.5 Å². The van der Waals surface area contributed by atoms with Crippen LogP contribution in [0.4, 0.5) is 4.39 Å². The number of nitrogens with one attached hydrogen (secondary N) is 1. The fourth-order valence-electron chi connectivity index (χ4n) is 1.62. The molecule has 0 aliphatic heterocycles. The molecule has 0 aliphatic carbocycles. The highest BCUT2D eigenvalue weighted by Crippen LogP contribution is 2.17. The number of carboxylic acid groups (broad SMARTS) is 1. The van der Waals surface area contributed by atoms with Crippen molar-refractivity contribution in [3.8, 4) is 0 Å². The number of carboxylic acids is 1. The number of carbonyl (C=O) groups is 2. The first-order valence-electron chi connectivity index (χ1n) is 5.63. The molecule has 1 aromatic heterocycles. The molecule has 6 heteroatoms. The lowest BCUT2D eigenvalue weighted by molar-refractivity contribution is -0.144. The fourth-order valence-corrected chi connectivity index (χ4v) is 1.62. The van der Waals surface area contributed by atoms with Gasteiger partial charge in [-0.05, 0) is 25.0 Å². The van der Waals surface area contributed by atoms with Crippen LogP contribution in [0.25, 0.3) is 0 Å². The Hall–Kier alpha value is -1.98. The van der Waals surface area contributed by atoms with Gasteiger partial charge in [0, 0.05) is 6.20 Å². The number of rotatable bonds is 5. The Morgan fingerprint density at radius 3 is 2.50 bits per heavy atom. The maximum atomic E-state index is 13.3. The van der Waals surface area contributed by atoms with Gasteiger partial charge in [0.1, 0.15) is 5.54 Å². The molecule has 0 spiro atoms. The van der Waals surface area contributed by atoms with E-state index in [0.717, 1.165) is 0 Å². The monoisotopic (exact) mass is 254 g/mol. The normalized spacial score (nSPS) is 11.1. The molecule has 5 nitrogen and oxygen atoms in total. The summed E-state index contributed by atoms with van der Waals surface area (Å²) in [4.78, 5) is 26.4. The summed E-state index contributed by atoms with van der Waals surface area (Å²) in [7, 11) is 0. The van der Waals surface area contributed by atoms with Crippen LogP contribution < -0.4 is 5.32 Å². The number of nitrogens with zero attached hydrogens (tertiary/aromatic N) is 1. The zero-order valence-corrected chi connectivity index (χ0v) is 10.2. The zero-order chi connectivity index (χ0) is 13.8. The van der Waals surface area contributed by atoms with Gasteiger partial charge in [-0.25, -0.2) is 9.78 Å². The Morgan fingerprint density at radius 2 is 2.06 bits per heavy atom. The minimum Gasteiger partial charge on any atom is -0.480 e. The molecule has 0 aromatic carbocycles. The summed E-state index contributed by atoms with van der Waals surface area (Å²) in [6.07, 6.45) is 1.65. The molecule has 0 fully saturated rings. The molecule has 0 bridgehead atoms. The number of carbonyl (C=O) groups excluding carboxylic acids is 1. The van der Waals surface area contributed by atoms with Crippen LogP contribution in [0, 0.1) is 5.95 Å². The van der Waals surface area contributed by atoms with E-state index in [0.29, 0.717) is 0 Å². The van der Waals surface area contributed by atoms with Crippen LogP contribution in [0.2, 0.25) is 0 Å². The summed E-state index contributed by atoms with van der Waals surface area (Å²) in [6.45, 7) is 3.30. The third-order valence-electron chi connectivity index (χ3n) is 2.97. The highest BCUT2D eigenvalue weighted by Gasteiger charge is 2.37. The Labute approximate surface area is 104 Å². The van der Waals surface area contributed by atoms with Crippen molar-refractivity contribution in [2.75, 3.05) is 0 Å². The van der Waals surface area contributed by atoms with Crippen LogP contribution in [-0.2, 0) is 4.79 Å². The largest absolute Gasteiger partial charge is 0.480 e. The third kappa shape index (κ3) is 2.64. The summed E-state index contributed by atoms with van der Waals surface area (Å²) in [5.74, 6) is -2.82. The first-order valence-corrected chi connectivity index (χ1v) is 5.63. The summed E-state index contributed by atoms with van der Waals surface area (Å²) in [6, 6.07) is 2.67. The van der Waals surface area contributed by atoms with E-state index in [4.69, 9.17) is 5.11 Å². The molecular weight excluding hydrogens is 239 g/mol. The molecule has 0 saturated heterocycles. The maximum Gasteiger partial charge on any atom is 0.329 e. The fraction of sp³-hybridized carbons (Fsp3) is 0.417. The molecule has 18 heavy (non-hydrogen) atoms. The van der Waals surface area contributed by atoms with Gasteiger partial charge in [0.2, 0.25) is 5.95 Å². The van der Waals surface area contributed by atoms with E-state index in [9.17, 15) is 14.0 Å². The standard InChI is InChI=1S/C12H15FN2O3/c1-3-12(4-2,11(17)18)15-10(16)8-6-5-7-14-9(8)13/h5-7H,3-4H2,1-2H3,(H,15,16)(H,17,18). The predicted octanol–water partition coefficient (Wildman–Crippen LogP) is 1.59. The molecule has 1 aromatic rings. The second-order valence-electron chi connectivity index (χ2n) is 3.89. The smallest absolute Gasteiger partial charge is 0.329 e. The summed E-state index contributed by atoms with van der Waals surface area (Å²) in [5.41, 5.74) is -1.63. The van der Waals surface area contributed by atoms with Gasteiger partial charge in [0.25, 0.3) is 5.91 Å². The lowest BCUT2D eigenvalue weighted by Gasteiger charge is -2.27. The first kappa shape index (κ1) is 14.1. The van der Waals surface area contributed by atoms with E-state index in [-0.39, 0.29) is 18.4 Å².